The van der Waals surface area contributed by atoms with Crippen LogP contribution in [0.4, 0.5) is 0 Å². The Balaban J connectivity index is 3.18. The highest BCUT2D eigenvalue weighted by molar-refractivity contribution is 5.79. The molecule has 0 aliphatic rings. The number of methoxy groups -OCH3 is 1. The van der Waals surface area contributed by atoms with Crippen molar-refractivity contribution in [2.75, 3.05) is 26.9 Å². The summed E-state index contributed by atoms with van der Waals surface area (Å²) in [6.07, 6.45) is 21.8. The number of aliphatic hydroxyl groups excluding tert-OH is 1. The molecule has 0 bridgehead atoms. The number of hydrogen-bond acceptors (Lipinski definition) is 4. The Morgan fingerprint density at radius 1 is 0.750 bits per heavy atom. The molecule has 1 N–H and O–H groups in total. The Bertz CT molecular complexity index is 316. The van der Waals surface area contributed by atoms with Gasteiger partial charge in [0.2, 0.25) is 0 Å². The van der Waals surface area contributed by atoms with E-state index in [1.807, 2.05) is 0 Å². The summed E-state index contributed by atoms with van der Waals surface area (Å²) in [4.78, 5) is 11.7. The third kappa shape index (κ3) is 20.3. The van der Waals surface area contributed by atoms with E-state index in [1.165, 1.54) is 97.0 Å². The monoisotopic (exact) mass is 400 g/mol. The molecule has 0 aromatic heterocycles. The number of hydrogen-bond donors (Lipinski definition) is 1. The van der Waals surface area contributed by atoms with Crippen LogP contribution in [0.15, 0.2) is 0 Å². The van der Waals surface area contributed by atoms with Crippen LogP contribution in [0.3, 0.4) is 0 Å². The van der Waals surface area contributed by atoms with Gasteiger partial charge in [-0.15, -0.1) is 0 Å². The van der Waals surface area contributed by atoms with Gasteiger partial charge in [0.05, 0.1) is 13.2 Å². The minimum atomic E-state index is -0.330. The lowest BCUT2D eigenvalue weighted by Gasteiger charge is -2.11. The van der Waals surface area contributed by atoms with E-state index >= 15 is 0 Å². The summed E-state index contributed by atoms with van der Waals surface area (Å²) in [7, 11) is 1.53. The van der Waals surface area contributed by atoms with E-state index in [0.29, 0.717) is 6.42 Å². The highest BCUT2D eigenvalue weighted by Gasteiger charge is 2.07. The van der Waals surface area contributed by atoms with Crippen LogP contribution >= 0.6 is 0 Å². The van der Waals surface area contributed by atoms with Gasteiger partial charge < -0.3 is 14.6 Å². The zero-order valence-electron chi connectivity index (χ0n) is 18.9. The van der Waals surface area contributed by atoms with E-state index in [4.69, 9.17) is 14.6 Å². The molecule has 0 amide bonds. The summed E-state index contributed by atoms with van der Waals surface area (Å²) in [5.74, 6) is 0.151. The Kier molecular flexibility index (Phi) is 22.5. The summed E-state index contributed by atoms with van der Waals surface area (Å²) in [6, 6.07) is 0. The predicted molar refractivity (Wildman–Crippen MR) is 118 cm³/mol. The molecule has 0 saturated carbocycles. The molecule has 0 aromatic rings. The number of aliphatic hydroxyl groups is 1. The van der Waals surface area contributed by atoms with Gasteiger partial charge >= 0.3 is 0 Å². The average Bonchev–Trinajstić information content (AvgIpc) is 2.71. The van der Waals surface area contributed by atoms with Crippen LogP contribution in [0.1, 0.15) is 116 Å². The summed E-state index contributed by atoms with van der Waals surface area (Å²) < 4.78 is 10.3. The Labute approximate surface area is 174 Å². The van der Waals surface area contributed by atoms with Gasteiger partial charge in [0.1, 0.15) is 12.7 Å². The Hall–Kier alpha value is -0.450. The maximum absolute atomic E-state index is 11.7. The molecule has 0 heterocycles. The summed E-state index contributed by atoms with van der Waals surface area (Å²) in [5, 5.41) is 8.96. The molecule has 0 rings (SSSR count). The van der Waals surface area contributed by atoms with Crippen LogP contribution in [-0.4, -0.2) is 43.9 Å². The quantitative estimate of drug-likeness (QED) is 0.207. The van der Waals surface area contributed by atoms with Crippen molar-refractivity contribution >= 4 is 5.78 Å². The van der Waals surface area contributed by atoms with Crippen LogP contribution in [0.5, 0.6) is 0 Å². The molecule has 0 aliphatic heterocycles. The van der Waals surface area contributed by atoms with Crippen LogP contribution in [0.25, 0.3) is 0 Å². The SMILES string of the molecule is CCCCCCCCCCCCCCCCCCC(=O)COCC(CO)OC. The molecule has 4 nitrogen and oxygen atoms in total. The predicted octanol–water partition coefficient (Wildman–Crippen LogP) is 6.23. The van der Waals surface area contributed by atoms with E-state index < -0.39 is 0 Å². The van der Waals surface area contributed by atoms with Crippen molar-refractivity contribution in [1.29, 1.82) is 0 Å². The Morgan fingerprint density at radius 2 is 1.18 bits per heavy atom. The number of carbonyl (C=O) groups excluding carboxylic acids is 1. The second-order valence-electron chi connectivity index (χ2n) is 8.15. The van der Waals surface area contributed by atoms with Gasteiger partial charge in [0.15, 0.2) is 5.78 Å². The normalized spacial score (nSPS) is 12.4. The van der Waals surface area contributed by atoms with Crippen molar-refractivity contribution < 1.29 is 19.4 Å². The van der Waals surface area contributed by atoms with Gasteiger partial charge in [-0.1, -0.05) is 103 Å². The molecule has 1 unspecified atom stereocenters. The second kappa shape index (κ2) is 22.8. The maximum atomic E-state index is 11.7. The highest BCUT2D eigenvalue weighted by Crippen LogP contribution is 2.14. The first-order valence-corrected chi connectivity index (χ1v) is 12.0. The van der Waals surface area contributed by atoms with Crippen LogP contribution in [0.2, 0.25) is 0 Å². The minimum absolute atomic E-state index is 0.0795. The third-order valence-corrected chi connectivity index (χ3v) is 5.41. The molecular formula is C24H48O4. The van der Waals surface area contributed by atoms with Crippen molar-refractivity contribution in [1.82, 2.24) is 0 Å². The number of Topliss-reactive ketones (excluding diaryl/α,β-unsaturated/α-hetero) is 1. The fourth-order valence-corrected chi connectivity index (χ4v) is 3.44. The molecule has 0 radical (unpaired) electrons. The number of ketones is 1. The van der Waals surface area contributed by atoms with Crippen molar-refractivity contribution in [2.24, 2.45) is 0 Å². The lowest BCUT2D eigenvalue weighted by atomic mass is 10.0. The number of ether oxygens (including phenoxy) is 2. The van der Waals surface area contributed by atoms with Gasteiger partial charge in [-0.05, 0) is 6.42 Å². The van der Waals surface area contributed by atoms with Gasteiger partial charge in [-0.3, -0.25) is 4.79 Å². The van der Waals surface area contributed by atoms with E-state index in [2.05, 4.69) is 6.92 Å². The van der Waals surface area contributed by atoms with Crippen molar-refractivity contribution in [2.45, 2.75) is 122 Å². The standard InChI is InChI=1S/C24H48O4/c1-3-4-5-6-7-8-9-10-11-12-13-14-15-16-17-18-19-23(26)21-28-22-24(20-25)27-2/h24-25H,3-22H2,1-2H3. The molecule has 0 spiro atoms. The third-order valence-electron chi connectivity index (χ3n) is 5.41. The molecule has 1 atom stereocenters. The van der Waals surface area contributed by atoms with Crippen molar-refractivity contribution in [3.63, 3.8) is 0 Å². The molecule has 168 valence electrons. The summed E-state index contributed by atoms with van der Waals surface area (Å²) in [5.41, 5.74) is 0. The fourth-order valence-electron chi connectivity index (χ4n) is 3.44. The highest BCUT2D eigenvalue weighted by atomic mass is 16.5. The second-order valence-corrected chi connectivity index (χ2v) is 8.15. The van der Waals surface area contributed by atoms with Crippen molar-refractivity contribution in [3.05, 3.63) is 0 Å². The number of unbranched alkanes of at least 4 members (excludes halogenated alkanes) is 15. The molecule has 4 heteroatoms. The largest absolute Gasteiger partial charge is 0.394 e. The van der Waals surface area contributed by atoms with Gasteiger partial charge in [0, 0.05) is 13.5 Å². The zero-order chi connectivity index (χ0) is 20.7. The molecule has 0 fully saturated rings. The summed E-state index contributed by atoms with van der Waals surface area (Å²) in [6.45, 7) is 2.61. The Morgan fingerprint density at radius 3 is 1.57 bits per heavy atom. The topological polar surface area (TPSA) is 55.8 Å². The van der Waals surface area contributed by atoms with E-state index in [9.17, 15) is 4.79 Å². The molecular weight excluding hydrogens is 352 g/mol. The van der Waals surface area contributed by atoms with E-state index in [0.717, 1.165) is 12.8 Å². The first kappa shape index (κ1) is 27.5. The van der Waals surface area contributed by atoms with Gasteiger partial charge in [-0.2, -0.15) is 0 Å². The summed E-state index contributed by atoms with van der Waals surface area (Å²) >= 11 is 0. The first-order chi connectivity index (χ1) is 13.7. The molecule has 0 aliphatic carbocycles. The number of carbonyl (C=O) groups is 1. The van der Waals surface area contributed by atoms with E-state index in [-0.39, 0.29) is 31.7 Å². The average molecular weight is 401 g/mol. The lowest BCUT2D eigenvalue weighted by Crippen LogP contribution is -2.24. The van der Waals surface area contributed by atoms with Crippen LogP contribution in [0, 0.1) is 0 Å². The maximum Gasteiger partial charge on any atom is 0.158 e. The van der Waals surface area contributed by atoms with Crippen LogP contribution < -0.4 is 0 Å². The number of rotatable bonds is 23. The smallest absolute Gasteiger partial charge is 0.158 e. The fraction of sp³-hybridized carbons (Fsp3) is 0.958. The van der Waals surface area contributed by atoms with Crippen molar-refractivity contribution in [3.8, 4) is 0 Å². The molecule has 0 saturated heterocycles. The minimum Gasteiger partial charge on any atom is -0.394 e. The first-order valence-electron chi connectivity index (χ1n) is 12.0. The zero-order valence-corrected chi connectivity index (χ0v) is 18.9. The van der Waals surface area contributed by atoms with Gasteiger partial charge in [0.25, 0.3) is 0 Å². The molecule has 28 heavy (non-hydrogen) atoms. The lowest BCUT2D eigenvalue weighted by molar-refractivity contribution is -0.125. The van der Waals surface area contributed by atoms with E-state index in [1.54, 1.807) is 0 Å². The van der Waals surface area contributed by atoms with Gasteiger partial charge in [-0.25, -0.2) is 0 Å². The molecule has 0 aromatic carbocycles. The van der Waals surface area contributed by atoms with Crippen LogP contribution in [-0.2, 0) is 14.3 Å².